The third kappa shape index (κ3) is 7.19. The van der Waals surface area contributed by atoms with Gasteiger partial charge in [0.2, 0.25) is 11.8 Å². The zero-order chi connectivity index (χ0) is 16.4. The number of carbonyl (C=O) groups is 2. The Morgan fingerprint density at radius 2 is 1.86 bits per heavy atom. The van der Waals surface area contributed by atoms with Gasteiger partial charge >= 0.3 is 0 Å². The number of hydrogen-bond acceptors (Lipinski definition) is 4. The second kappa shape index (κ2) is 9.92. The highest BCUT2D eigenvalue weighted by Gasteiger charge is 2.08. The molecule has 0 aromatic heterocycles. The third-order valence-electron chi connectivity index (χ3n) is 2.93. The van der Waals surface area contributed by atoms with E-state index in [-0.39, 0.29) is 24.3 Å². The summed E-state index contributed by atoms with van der Waals surface area (Å²) < 4.78 is 4.93. The largest absolute Gasteiger partial charge is 0.385 e. The van der Waals surface area contributed by atoms with Crippen LogP contribution in [-0.2, 0) is 14.3 Å². The molecule has 3 N–H and O–H groups in total. The lowest BCUT2D eigenvalue weighted by molar-refractivity contribution is -0.119. The summed E-state index contributed by atoms with van der Waals surface area (Å²) in [5.74, 6) is -0.261. The van der Waals surface area contributed by atoms with Crippen LogP contribution in [0.4, 0.5) is 11.4 Å². The molecule has 1 rings (SSSR count). The highest BCUT2D eigenvalue weighted by molar-refractivity contribution is 5.95. The summed E-state index contributed by atoms with van der Waals surface area (Å²) in [5, 5.41) is 8.63. The zero-order valence-electron chi connectivity index (χ0n) is 13.4. The number of amides is 2. The van der Waals surface area contributed by atoms with Crippen LogP contribution in [0.5, 0.6) is 0 Å². The molecular weight excluding hydrogens is 282 g/mol. The summed E-state index contributed by atoms with van der Waals surface area (Å²) in [6, 6.07) is 7.10. The average molecular weight is 307 g/mol. The highest BCUT2D eigenvalue weighted by atomic mass is 16.5. The van der Waals surface area contributed by atoms with Crippen molar-refractivity contribution in [3.05, 3.63) is 24.3 Å². The van der Waals surface area contributed by atoms with E-state index in [1.165, 1.54) is 0 Å². The van der Waals surface area contributed by atoms with E-state index >= 15 is 0 Å². The SMILES string of the molecule is COCCCNCC(=O)Nc1cccc(NC(=O)C(C)C)c1. The Morgan fingerprint density at radius 3 is 2.50 bits per heavy atom. The summed E-state index contributed by atoms with van der Waals surface area (Å²) in [6.45, 7) is 5.30. The molecule has 0 radical (unpaired) electrons. The summed E-state index contributed by atoms with van der Waals surface area (Å²) in [4.78, 5) is 23.4. The number of carbonyl (C=O) groups excluding carboxylic acids is 2. The number of nitrogens with one attached hydrogen (secondary N) is 3. The van der Waals surface area contributed by atoms with Crippen LogP contribution in [0.15, 0.2) is 24.3 Å². The fourth-order valence-corrected chi connectivity index (χ4v) is 1.71. The van der Waals surface area contributed by atoms with Crippen LogP contribution < -0.4 is 16.0 Å². The van der Waals surface area contributed by atoms with E-state index < -0.39 is 0 Å². The number of benzene rings is 1. The normalized spacial score (nSPS) is 10.5. The maximum absolute atomic E-state index is 11.8. The van der Waals surface area contributed by atoms with Gasteiger partial charge in [0.1, 0.15) is 0 Å². The van der Waals surface area contributed by atoms with Crippen molar-refractivity contribution in [1.29, 1.82) is 0 Å². The van der Waals surface area contributed by atoms with E-state index in [0.717, 1.165) is 13.0 Å². The Bertz CT molecular complexity index is 489. The third-order valence-corrected chi connectivity index (χ3v) is 2.93. The molecule has 1 aromatic carbocycles. The smallest absolute Gasteiger partial charge is 0.238 e. The fraction of sp³-hybridized carbons (Fsp3) is 0.500. The molecule has 0 saturated heterocycles. The average Bonchev–Trinajstić information content (AvgIpc) is 2.47. The molecule has 22 heavy (non-hydrogen) atoms. The van der Waals surface area contributed by atoms with Gasteiger partial charge < -0.3 is 20.7 Å². The van der Waals surface area contributed by atoms with Crippen molar-refractivity contribution in [2.45, 2.75) is 20.3 Å². The van der Waals surface area contributed by atoms with Gasteiger partial charge in [-0.15, -0.1) is 0 Å². The first kappa shape index (κ1) is 18.1. The summed E-state index contributed by atoms with van der Waals surface area (Å²) in [5.41, 5.74) is 1.33. The van der Waals surface area contributed by atoms with Gasteiger partial charge in [-0.3, -0.25) is 9.59 Å². The van der Waals surface area contributed by atoms with Crippen molar-refractivity contribution in [1.82, 2.24) is 5.32 Å². The predicted octanol–water partition coefficient (Wildman–Crippen LogP) is 1.85. The molecule has 0 unspecified atom stereocenters. The minimum atomic E-state index is -0.121. The van der Waals surface area contributed by atoms with E-state index in [1.54, 1.807) is 31.4 Å². The molecule has 0 atom stereocenters. The van der Waals surface area contributed by atoms with Gasteiger partial charge in [0, 0.05) is 31.0 Å². The van der Waals surface area contributed by atoms with Crippen LogP contribution >= 0.6 is 0 Å². The molecule has 122 valence electrons. The second-order valence-electron chi connectivity index (χ2n) is 5.30. The number of anilines is 2. The standard InChI is InChI=1S/C16H25N3O3/c1-12(2)16(21)19-14-7-4-6-13(10-14)18-15(20)11-17-8-5-9-22-3/h4,6-7,10,12,17H,5,8-9,11H2,1-3H3,(H,18,20)(H,19,21). The monoisotopic (exact) mass is 307 g/mol. The summed E-state index contributed by atoms with van der Waals surface area (Å²) in [7, 11) is 1.65. The van der Waals surface area contributed by atoms with Crippen molar-refractivity contribution in [2.24, 2.45) is 5.92 Å². The lowest BCUT2D eigenvalue weighted by atomic mass is 10.2. The molecule has 1 aromatic rings. The number of hydrogen-bond donors (Lipinski definition) is 3. The van der Waals surface area contributed by atoms with E-state index in [4.69, 9.17) is 4.74 Å². The summed E-state index contributed by atoms with van der Waals surface area (Å²) in [6.07, 6.45) is 0.862. The van der Waals surface area contributed by atoms with E-state index in [2.05, 4.69) is 16.0 Å². The van der Waals surface area contributed by atoms with Crippen LogP contribution in [0, 0.1) is 5.92 Å². The predicted molar refractivity (Wildman–Crippen MR) is 87.9 cm³/mol. The van der Waals surface area contributed by atoms with E-state index in [9.17, 15) is 9.59 Å². The maximum Gasteiger partial charge on any atom is 0.238 e. The molecule has 0 bridgehead atoms. The van der Waals surface area contributed by atoms with Gasteiger partial charge in [0.05, 0.1) is 6.54 Å². The first-order valence-electron chi connectivity index (χ1n) is 7.43. The van der Waals surface area contributed by atoms with Crippen LogP contribution in [0.3, 0.4) is 0 Å². The fourth-order valence-electron chi connectivity index (χ4n) is 1.71. The minimum absolute atomic E-state index is 0.0525. The van der Waals surface area contributed by atoms with Crippen LogP contribution in [-0.4, -0.2) is 38.6 Å². The molecular formula is C16H25N3O3. The molecule has 0 spiro atoms. The molecule has 0 aliphatic heterocycles. The lowest BCUT2D eigenvalue weighted by Crippen LogP contribution is -2.29. The van der Waals surface area contributed by atoms with Gasteiger partial charge in [-0.25, -0.2) is 0 Å². The van der Waals surface area contributed by atoms with E-state index in [1.807, 2.05) is 13.8 Å². The van der Waals surface area contributed by atoms with Crippen molar-refractivity contribution in [3.8, 4) is 0 Å². The van der Waals surface area contributed by atoms with Gasteiger partial charge in [0.15, 0.2) is 0 Å². The van der Waals surface area contributed by atoms with Crippen molar-refractivity contribution in [2.75, 3.05) is 37.4 Å². The Hall–Kier alpha value is -1.92. The van der Waals surface area contributed by atoms with Gasteiger partial charge in [-0.05, 0) is 31.2 Å². The molecule has 0 fully saturated rings. The van der Waals surface area contributed by atoms with Gasteiger partial charge in [-0.1, -0.05) is 19.9 Å². The Kier molecular flexibility index (Phi) is 8.17. The highest BCUT2D eigenvalue weighted by Crippen LogP contribution is 2.15. The van der Waals surface area contributed by atoms with Gasteiger partial charge in [0.25, 0.3) is 0 Å². The zero-order valence-corrected chi connectivity index (χ0v) is 13.4. The molecule has 0 saturated carbocycles. The quantitative estimate of drug-likeness (QED) is 0.608. The van der Waals surface area contributed by atoms with Crippen molar-refractivity contribution in [3.63, 3.8) is 0 Å². The lowest BCUT2D eigenvalue weighted by Gasteiger charge is -2.10. The Labute approximate surface area is 131 Å². The number of ether oxygens (including phenoxy) is 1. The van der Waals surface area contributed by atoms with Crippen molar-refractivity contribution < 1.29 is 14.3 Å². The molecule has 0 aliphatic carbocycles. The summed E-state index contributed by atoms with van der Waals surface area (Å²) >= 11 is 0. The molecule has 6 heteroatoms. The molecule has 0 aliphatic rings. The molecule has 6 nitrogen and oxygen atoms in total. The Morgan fingerprint density at radius 1 is 1.18 bits per heavy atom. The minimum Gasteiger partial charge on any atom is -0.385 e. The maximum atomic E-state index is 11.8. The molecule has 0 heterocycles. The van der Waals surface area contributed by atoms with Crippen LogP contribution in [0.1, 0.15) is 20.3 Å². The van der Waals surface area contributed by atoms with Crippen LogP contribution in [0.2, 0.25) is 0 Å². The van der Waals surface area contributed by atoms with E-state index in [0.29, 0.717) is 18.0 Å². The Balaban J connectivity index is 2.42. The molecule has 2 amide bonds. The number of rotatable bonds is 9. The van der Waals surface area contributed by atoms with Crippen LogP contribution in [0.25, 0.3) is 0 Å². The van der Waals surface area contributed by atoms with Gasteiger partial charge in [-0.2, -0.15) is 0 Å². The second-order valence-corrected chi connectivity index (χ2v) is 5.30. The topological polar surface area (TPSA) is 79.5 Å². The first-order chi connectivity index (χ1) is 10.5. The number of methoxy groups -OCH3 is 1. The van der Waals surface area contributed by atoms with Crippen molar-refractivity contribution >= 4 is 23.2 Å². The first-order valence-corrected chi connectivity index (χ1v) is 7.43.